The third kappa shape index (κ3) is 4.25. The van der Waals surface area contributed by atoms with E-state index in [0.717, 1.165) is 53.9 Å². The lowest BCUT2D eigenvalue weighted by atomic mass is 10.0. The highest BCUT2D eigenvalue weighted by Gasteiger charge is 2.25. The van der Waals surface area contributed by atoms with E-state index >= 15 is 0 Å². The molecule has 6 heteroatoms. The Labute approximate surface area is 194 Å². The van der Waals surface area contributed by atoms with Crippen LogP contribution >= 0.6 is 0 Å². The zero-order valence-electron chi connectivity index (χ0n) is 19.2. The molecule has 1 saturated heterocycles. The molecule has 0 bridgehead atoms. The smallest absolute Gasteiger partial charge is 0.272 e. The summed E-state index contributed by atoms with van der Waals surface area (Å²) < 4.78 is 1.87. The van der Waals surface area contributed by atoms with Crippen LogP contribution in [0, 0.1) is 0 Å². The number of hydrogen-bond acceptors (Lipinski definition) is 4. The molecular weight excluding hydrogens is 410 g/mol. The molecular formula is C27H29N5O. The van der Waals surface area contributed by atoms with Crippen molar-refractivity contribution in [3.05, 3.63) is 72.3 Å². The molecule has 0 N–H and O–H groups in total. The molecule has 5 rings (SSSR count). The fourth-order valence-electron chi connectivity index (χ4n) is 4.63. The largest absolute Gasteiger partial charge is 0.335 e. The number of carbonyl (C=O) groups is 1. The number of aromatic nitrogens is 4. The Morgan fingerprint density at radius 2 is 1.85 bits per heavy atom. The number of fused-ring (bicyclic) bond motifs is 1. The Bertz CT molecular complexity index is 1260. The summed E-state index contributed by atoms with van der Waals surface area (Å²) in [6, 6.07) is 16.4. The zero-order chi connectivity index (χ0) is 22.8. The molecule has 4 aromatic rings. The number of carbonyl (C=O) groups excluding carboxylic acids is 1. The van der Waals surface area contributed by atoms with Crippen LogP contribution in [-0.2, 0) is 6.42 Å². The molecule has 0 aliphatic carbocycles. The van der Waals surface area contributed by atoms with Crippen LogP contribution in [0.15, 0.2) is 60.9 Å². The van der Waals surface area contributed by atoms with E-state index < -0.39 is 0 Å². The van der Waals surface area contributed by atoms with Crippen LogP contribution < -0.4 is 0 Å². The Kier molecular flexibility index (Phi) is 5.90. The molecule has 3 aromatic heterocycles. The molecule has 1 aromatic carbocycles. The van der Waals surface area contributed by atoms with Crippen LogP contribution in [0.5, 0.6) is 0 Å². The van der Waals surface area contributed by atoms with Crippen LogP contribution in [0.25, 0.3) is 28.0 Å². The van der Waals surface area contributed by atoms with Gasteiger partial charge in [0.15, 0.2) is 5.65 Å². The number of pyridine rings is 1. The first-order valence-corrected chi connectivity index (χ1v) is 11.9. The maximum atomic E-state index is 13.4. The number of rotatable bonds is 4. The van der Waals surface area contributed by atoms with Gasteiger partial charge in [-0.3, -0.25) is 9.78 Å². The number of hydrogen-bond donors (Lipinski definition) is 0. The van der Waals surface area contributed by atoms with Crippen LogP contribution in [0.2, 0.25) is 0 Å². The number of aryl methyl sites for hydroxylation is 1. The van der Waals surface area contributed by atoms with Gasteiger partial charge >= 0.3 is 0 Å². The van der Waals surface area contributed by atoms with Gasteiger partial charge < -0.3 is 4.90 Å². The van der Waals surface area contributed by atoms with Gasteiger partial charge in [0.1, 0.15) is 5.69 Å². The second kappa shape index (κ2) is 9.14. The number of benzene rings is 1. The highest BCUT2D eigenvalue weighted by atomic mass is 16.2. The van der Waals surface area contributed by atoms with Crippen LogP contribution in [0.4, 0.5) is 0 Å². The summed E-state index contributed by atoms with van der Waals surface area (Å²) in [5, 5.41) is 4.82. The summed E-state index contributed by atoms with van der Waals surface area (Å²) in [6.45, 7) is 5.04. The molecule has 1 unspecified atom stereocenters. The van der Waals surface area contributed by atoms with Gasteiger partial charge in [-0.1, -0.05) is 50.1 Å². The highest BCUT2D eigenvalue weighted by molar-refractivity contribution is 5.93. The molecule has 1 atom stereocenters. The topological polar surface area (TPSA) is 63.4 Å². The summed E-state index contributed by atoms with van der Waals surface area (Å²) in [5.74, 6) is 0.0326. The van der Waals surface area contributed by atoms with Crippen LogP contribution in [-0.4, -0.2) is 43.0 Å². The van der Waals surface area contributed by atoms with E-state index in [0.29, 0.717) is 11.3 Å². The first kappa shape index (κ1) is 21.3. The van der Waals surface area contributed by atoms with E-state index in [1.165, 1.54) is 12.8 Å². The van der Waals surface area contributed by atoms with Crippen molar-refractivity contribution in [2.45, 2.75) is 52.0 Å². The van der Waals surface area contributed by atoms with Crippen molar-refractivity contribution >= 4 is 11.6 Å². The molecule has 4 heterocycles. The van der Waals surface area contributed by atoms with Crippen LogP contribution in [0.3, 0.4) is 0 Å². The van der Waals surface area contributed by atoms with Gasteiger partial charge in [-0.05, 0) is 49.4 Å². The Morgan fingerprint density at radius 1 is 1.03 bits per heavy atom. The van der Waals surface area contributed by atoms with Crippen molar-refractivity contribution < 1.29 is 4.79 Å². The van der Waals surface area contributed by atoms with E-state index in [2.05, 4.69) is 43.1 Å². The average molecular weight is 440 g/mol. The van der Waals surface area contributed by atoms with E-state index in [1.54, 1.807) is 6.20 Å². The first-order valence-electron chi connectivity index (χ1n) is 11.9. The van der Waals surface area contributed by atoms with Crippen molar-refractivity contribution in [2.75, 3.05) is 6.54 Å². The van der Waals surface area contributed by atoms with Crippen molar-refractivity contribution in [1.82, 2.24) is 24.5 Å². The highest BCUT2D eigenvalue weighted by Crippen LogP contribution is 2.25. The predicted octanol–water partition coefficient (Wildman–Crippen LogP) is 5.43. The second-order valence-corrected chi connectivity index (χ2v) is 8.80. The third-order valence-electron chi connectivity index (χ3n) is 6.57. The molecule has 1 aliphatic heterocycles. The van der Waals surface area contributed by atoms with Crippen LogP contribution in [0.1, 0.15) is 55.7 Å². The van der Waals surface area contributed by atoms with Gasteiger partial charge in [-0.2, -0.15) is 5.10 Å². The Balaban J connectivity index is 1.48. The van der Waals surface area contributed by atoms with Gasteiger partial charge in [0, 0.05) is 42.3 Å². The maximum absolute atomic E-state index is 13.4. The monoisotopic (exact) mass is 439 g/mol. The summed E-state index contributed by atoms with van der Waals surface area (Å²) in [4.78, 5) is 24.3. The van der Waals surface area contributed by atoms with Crippen molar-refractivity contribution in [1.29, 1.82) is 0 Å². The van der Waals surface area contributed by atoms with E-state index in [-0.39, 0.29) is 11.9 Å². The quantitative estimate of drug-likeness (QED) is 0.426. The number of likely N-dealkylation sites (tertiary alicyclic amines) is 1. The molecule has 0 saturated carbocycles. The second-order valence-electron chi connectivity index (χ2n) is 8.80. The molecule has 1 amide bonds. The predicted molar refractivity (Wildman–Crippen MR) is 130 cm³/mol. The molecule has 1 fully saturated rings. The maximum Gasteiger partial charge on any atom is 0.272 e. The first-order chi connectivity index (χ1) is 16.1. The van der Waals surface area contributed by atoms with E-state index in [1.807, 2.05) is 39.9 Å². The summed E-state index contributed by atoms with van der Waals surface area (Å²) in [7, 11) is 0. The molecule has 0 radical (unpaired) electrons. The number of nitrogens with zero attached hydrogens (tertiary/aromatic N) is 5. The van der Waals surface area contributed by atoms with E-state index in [9.17, 15) is 4.79 Å². The lowest BCUT2D eigenvalue weighted by Crippen LogP contribution is -2.38. The minimum Gasteiger partial charge on any atom is -0.335 e. The van der Waals surface area contributed by atoms with Gasteiger partial charge in [-0.25, -0.2) is 9.50 Å². The van der Waals surface area contributed by atoms with Gasteiger partial charge in [0.2, 0.25) is 0 Å². The molecule has 6 nitrogen and oxygen atoms in total. The fraction of sp³-hybridized carbons (Fsp3) is 0.333. The normalized spacial score (nSPS) is 16.7. The summed E-state index contributed by atoms with van der Waals surface area (Å²) >= 11 is 0. The van der Waals surface area contributed by atoms with Crippen molar-refractivity contribution in [3.8, 4) is 22.4 Å². The van der Waals surface area contributed by atoms with E-state index in [4.69, 9.17) is 10.1 Å². The Morgan fingerprint density at radius 3 is 2.61 bits per heavy atom. The van der Waals surface area contributed by atoms with Gasteiger partial charge in [0.25, 0.3) is 5.91 Å². The standard InChI is InChI=1S/C27H29N5O/c1-3-23-16-25(27(33)31-15-6-4-5-8-19(31)2)29-26-17-24(30-32(23)26)21-12-10-20(11-13-21)22-9-7-14-28-18-22/h7,9-14,16-19H,3-6,8,15H2,1-2H3. The number of amides is 1. The summed E-state index contributed by atoms with van der Waals surface area (Å²) in [5.41, 5.74) is 6.29. The molecule has 168 valence electrons. The lowest BCUT2D eigenvalue weighted by molar-refractivity contribution is 0.0692. The van der Waals surface area contributed by atoms with Gasteiger partial charge in [-0.15, -0.1) is 0 Å². The lowest BCUT2D eigenvalue weighted by Gasteiger charge is -2.27. The molecule has 1 aliphatic rings. The minimum atomic E-state index is 0.0326. The average Bonchev–Trinajstić information content (AvgIpc) is 3.18. The summed E-state index contributed by atoms with van der Waals surface area (Å²) in [6.07, 6.45) is 8.90. The minimum absolute atomic E-state index is 0.0326. The Hall–Kier alpha value is -3.54. The van der Waals surface area contributed by atoms with Crippen molar-refractivity contribution in [3.63, 3.8) is 0 Å². The fourth-order valence-corrected chi connectivity index (χ4v) is 4.63. The zero-order valence-corrected chi connectivity index (χ0v) is 19.2. The van der Waals surface area contributed by atoms with Gasteiger partial charge in [0.05, 0.1) is 5.69 Å². The molecule has 0 spiro atoms. The van der Waals surface area contributed by atoms with Crippen molar-refractivity contribution in [2.24, 2.45) is 0 Å². The molecule has 33 heavy (non-hydrogen) atoms. The third-order valence-corrected chi connectivity index (χ3v) is 6.57. The SMILES string of the molecule is CCc1cc(C(=O)N2CCCCCC2C)nc2cc(-c3ccc(-c4cccnc4)cc3)nn12.